The molecule has 0 saturated carbocycles. The molecule has 7 nitrogen and oxygen atoms in total. The SMILES string of the molecule is Cc1cc2nn(CC3CN(C(=O)c4ccc(Cl)cc4)C3)cc2cc1C(=O)NCC1CCCCO1. The van der Waals surface area contributed by atoms with Crippen molar-refractivity contribution in [3.05, 3.63) is 64.3 Å². The molecule has 1 unspecified atom stereocenters. The molecule has 34 heavy (non-hydrogen) atoms. The Hall–Kier alpha value is -2.90. The van der Waals surface area contributed by atoms with Crippen LogP contribution in [0.25, 0.3) is 10.9 Å². The van der Waals surface area contributed by atoms with Crippen LogP contribution in [0.15, 0.2) is 42.6 Å². The lowest BCUT2D eigenvalue weighted by Gasteiger charge is -2.39. The van der Waals surface area contributed by atoms with Gasteiger partial charge >= 0.3 is 0 Å². The zero-order chi connectivity index (χ0) is 23.7. The number of benzene rings is 2. The zero-order valence-corrected chi connectivity index (χ0v) is 20.1. The predicted molar refractivity (Wildman–Crippen MR) is 131 cm³/mol. The fourth-order valence-corrected chi connectivity index (χ4v) is 4.85. The molecular weight excluding hydrogens is 452 g/mol. The molecule has 1 aromatic heterocycles. The molecule has 0 bridgehead atoms. The van der Waals surface area contributed by atoms with Gasteiger partial charge in [-0.15, -0.1) is 0 Å². The molecule has 0 spiro atoms. The summed E-state index contributed by atoms with van der Waals surface area (Å²) in [5.41, 5.74) is 3.11. The van der Waals surface area contributed by atoms with Crippen molar-refractivity contribution in [2.24, 2.45) is 5.92 Å². The van der Waals surface area contributed by atoms with Crippen LogP contribution < -0.4 is 5.32 Å². The Morgan fingerprint density at radius 2 is 1.97 bits per heavy atom. The molecule has 3 heterocycles. The Labute approximate surface area is 204 Å². The van der Waals surface area contributed by atoms with Crippen molar-refractivity contribution in [2.45, 2.75) is 38.8 Å². The van der Waals surface area contributed by atoms with Crippen LogP contribution in [0.2, 0.25) is 5.02 Å². The molecule has 8 heteroatoms. The van der Waals surface area contributed by atoms with Gasteiger partial charge in [-0.05, 0) is 68.1 Å². The number of halogens is 1. The number of aromatic nitrogens is 2. The van der Waals surface area contributed by atoms with Gasteiger partial charge in [0.05, 0.1) is 11.6 Å². The average Bonchev–Trinajstić information content (AvgIpc) is 3.21. The lowest BCUT2D eigenvalue weighted by atomic mass is 9.99. The summed E-state index contributed by atoms with van der Waals surface area (Å²) in [5, 5.41) is 9.29. The summed E-state index contributed by atoms with van der Waals surface area (Å²) in [6, 6.07) is 10.9. The number of nitrogens with zero attached hydrogens (tertiary/aromatic N) is 3. The number of rotatable bonds is 6. The fourth-order valence-electron chi connectivity index (χ4n) is 4.73. The van der Waals surface area contributed by atoms with Crippen molar-refractivity contribution in [2.75, 3.05) is 26.2 Å². The van der Waals surface area contributed by atoms with Crippen LogP contribution in [0.4, 0.5) is 0 Å². The summed E-state index contributed by atoms with van der Waals surface area (Å²) < 4.78 is 7.64. The highest BCUT2D eigenvalue weighted by Gasteiger charge is 2.31. The van der Waals surface area contributed by atoms with E-state index in [1.54, 1.807) is 24.3 Å². The van der Waals surface area contributed by atoms with Gasteiger partial charge in [0.15, 0.2) is 0 Å². The van der Waals surface area contributed by atoms with Crippen molar-refractivity contribution >= 4 is 34.3 Å². The van der Waals surface area contributed by atoms with Gasteiger partial charge in [-0.1, -0.05) is 11.6 Å². The molecular formula is C26H29ClN4O3. The minimum Gasteiger partial charge on any atom is -0.376 e. The summed E-state index contributed by atoms with van der Waals surface area (Å²) in [4.78, 5) is 27.2. The maximum absolute atomic E-state index is 12.8. The standard InChI is InChI=1S/C26H29ClN4O3/c1-17-10-24-20(11-23(17)25(32)28-12-22-4-2-3-9-34-22)16-31(29-24)15-18-13-30(14-18)26(33)19-5-7-21(27)8-6-19/h5-8,10-11,16,18,22H,2-4,9,12-15H2,1H3,(H,28,32). The van der Waals surface area contributed by atoms with Gasteiger partial charge < -0.3 is 15.0 Å². The van der Waals surface area contributed by atoms with E-state index in [0.717, 1.165) is 48.9 Å². The summed E-state index contributed by atoms with van der Waals surface area (Å²) in [5.74, 6) is 0.310. The van der Waals surface area contributed by atoms with Crippen LogP contribution >= 0.6 is 11.6 Å². The Morgan fingerprint density at radius 1 is 1.18 bits per heavy atom. The molecule has 2 fully saturated rings. The van der Waals surface area contributed by atoms with Gasteiger partial charge in [0.2, 0.25) is 0 Å². The van der Waals surface area contributed by atoms with Gasteiger partial charge in [-0.2, -0.15) is 5.10 Å². The third-order valence-corrected chi connectivity index (χ3v) is 6.94. The number of hydrogen-bond acceptors (Lipinski definition) is 4. The van der Waals surface area contributed by atoms with Crippen LogP contribution in [0.1, 0.15) is 45.5 Å². The minimum absolute atomic E-state index is 0.0310. The van der Waals surface area contributed by atoms with Gasteiger partial charge in [-0.3, -0.25) is 14.3 Å². The average molecular weight is 481 g/mol. The van der Waals surface area contributed by atoms with E-state index in [2.05, 4.69) is 5.32 Å². The second-order valence-electron chi connectivity index (χ2n) is 9.36. The van der Waals surface area contributed by atoms with Gasteiger partial charge in [0, 0.05) is 66.4 Å². The number of carbonyl (C=O) groups is 2. The van der Waals surface area contributed by atoms with Crippen molar-refractivity contribution in [3.63, 3.8) is 0 Å². The Kier molecular flexibility index (Phi) is 6.57. The lowest BCUT2D eigenvalue weighted by molar-refractivity contribution is 0.0169. The van der Waals surface area contributed by atoms with Crippen LogP contribution in [-0.2, 0) is 11.3 Å². The molecule has 3 aromatic rings. The molecule has 0 radical (unpaired) electrons. The summed E-state index contributed by atoms with van der Waals surface area (Å²) >= 11 is 5.91. The van der Waals surface area contributed by atoms with E-state index in [9.17, 15) is 9.59 Å². The molecule has 2 aliphatic rings. The third kappa shape index (κ3) is 4.95. The highest BCUT2D eigenvalue weighted by molar-refractivity contribution is 6.30. The summed E-state index contributed by atoms with van der Waals surface area (Å²) in [6.07, 6.45) is 5.34. The topological polar surface area (TPSA) is 76.5 Å². The van der Waals surface area contributed by atoms with Crippen LogP contribution in [-0.4, -0.2) is 58.8 Å². The normalized spacial score (nSPS) is 18.6. The van der Waals surface area contributed by atoms with E-state index in [0.29, 0.717) is 41.7 Å². The molecule has 2 saturated heterocycles. The molecule has 1 N–H and O–H groups in total. The molecule has 1 atom stereocenters. The number of amides is 2. The second kappa shape index (κ2) is 9.76. The van der Waals surface area contributed by atoms with E-state index in [4.69, 9.17) is 21.4 Å². The van der Waals surface area contributed by atoms with Crippen molar-refractivity contribution in [1.82, 2.24) is 20.0 Å². The van der Waals surface area contributed by atoms with Gasteiger partial charge in [0.1, 0.15) is 0 Å². The highest BCUT2D eigenvalue weighted by Crippen LogP contribution is 2.24. The van der Waals surface area contributed by atoms with E-state index in [1.807, 2.05) is 34.8 Å². The molecule has 2 amide bonds. The minimum atomic E-state index is -0.0725. The fraction of sp³-hybridized carbons (Fsp3) is 0.423. The van der Waals surface area contributed by atoms with Crippen molar-refractivity contribution in [1.29, 1.82) is 0 Å². The highest BCUT2D eigenvalue weighted by atomic mass is 35.5. The number of fused-ring (bicyclic) bond motifs is 1. The van der Waals surface area contributed by atoms with Crippen LogP contribution in [0, 0.1) is 12.8 Å². The molecule has 178 valence electrons. The number of hydrogen-bond donors (Lipinski definition) is 1. The first-order chi connectivity index (χ1) is 16.5. The van der Waals surface area contributed by atoms with Gasteiger partial charge in [0.25, 0.3) is 11.8 Å². The maximum atomic E-state index is 12.8. The Balaban J connectivity index is 1.19. The Bertz CT molecular complexity index is 1190. The van der Waals surface area contributed by atoms with Crippen LogP contribution in [0.5, 0.6) is 0 Å². The quantitative estimate of drug-likeness (QED) is 0.577. The zero-order valence-electron chi connectivity index (χ0n) is 19.3. The van der Waals surface area contributed by atoms with Crippen molar-refractivity contribution in [3.8, 4) is 0 Å². The molecule has 0 aliphatic carbocycles. The third-order valence-electron chi connectivity index (χ3n) is 6.69. The number of carbonyl (C=O) groups excluding carboxylic acids is 2. The maximum Gasteiger partial charge on any atom is 0.253 e. The first-order valence-electron chi connectivity index (χ1n) is 11.9. The smallest absolute Gasteiger partial charge is 0.253 e. The number of nitrogens with one attached hydrogen (secondary N) is 1. The summed E-state index contributed by atoms with van der Waals surface area (Å²) in [7, 11) is 0. The number of likely N-dealkylation sites (tertiary alicyclic amines) is 1. The van der Waals surface area contributed by atoms with E-state index >= 15 is 0 Å². The monoisotopic (exact) mass is 480 g/mol. The van der Waals surface area contributed by atoms with Gasteiger partial charge in [-0.25, -0.2) is 0 Å². The second-order valence-corrected chi connectivity index (χ2v) is 9.80. The van der Waals surface area contributed by atoms with E-state index in [-0.39, 0.29) is 17.9 Å². The number of ether oxygens (including phenoxy) is 1. The first-order valence-corrected chi connectivity index (χ1v) is 12.3. The lowest BCUT2D eigenvalue weighted by Crippen LogP contribution is -2.51. The Morgan fingerprint density at radius 3 is 2.71 bits per heavy atom. The first kappa shape index (κ1) is 22.9. The summed E-state index contributed by atoms with van der Waals surface area (Å²) in [6.45, 7) is 5.40. The van der Waals surface area contributed by atoms with E-state index < -0.39 is 0 Å². The van der Waals surface area contributed by atoms with Crippen LogP contribution in [0.3, 0.4) is 0 Å². The number of aryl methyl sites for hydroxylation is 1. The van der Waals surface area contributed by atoms with Crippen molar-refractivity contribution < 1.29 is 14.3 Å². The molecule has 2 aliphatic heterocycles. The molecule has 2 aromatic carbocycles. The van der Waals surface area contributed by atoms with E-state index in [1.165, 1.54) is 0 Å². The predicted octanol–water partition coefficient (Wildman–Crippen LogP) is 4.07. The molecule has 5 rings (SSSR count). The largest absolute Gasteiger partial charge is 0.376 e.